The van der Waals surface area contributed by atoms with Gasteiger partial charge in [-0.2, -0.15) is 5.10 Å². The summed E-state index contributed by atoms with van der Waals surface area (Å²) in [6.45, 7) is 5.04. The van der Waals surface area contributed by atoms with E-state index in [2.05, 4.69) is 25.4 Å². The minimum atomic E-state index is -0.433. The van der Waals surface area contributed by atoms with E-state index in [1.807, 2.05) is 30.7 Å². The molecule has 1 fully saturated rings. The summed E-state index contributed by atoms with van der Waals surface area (Å²) < 4.78 is 23.0. The molecule has 1 aliphatic rings. The highest BCUT2D eigenvalue weighted by atomic mass is 19.1. The van der Waals surface area contributed by atoms with Gasteiger partial charge in [-0.05, 0) is 44.0 Å². The van der Waals surface area contributed by atoms with Crippen LogP contribution in [0.1, 0.15) is 23.7 Å². The number of nitrogens with one attached hydrogen (secondary N) is 1. The minimum absolute atomic E-state index is 0.140. The highest BCUT2D eigenvalue weighted by molar-refractivity contribution is 5.90. The summed E-state index contributed by atoms with van der Waals surface area (Å²) in [4.78, 5) is 13.1. The Hall–Kier alpha value is -3.39. The molecule has 4 aromatic rings. The predicted molar refractivity (Wildman–Crippen MR) is 112 cm³/mol. The zero-order chi connectivity index (χ0) is 20.7. The molecule has 5 rings (SSSR count). The Morgan fingerprint density at radius 1 is 1.17 bits per heavy atom. The average molecular weight is 404 g/mol. The molecule has 0 amide bonds. The first-order valence-corrected chi connectivity index (χ1v) is 9.88. The van der Waals surface area contributed by atoms with Crippen LogP contribution in [-0.2, 0) is 4.74 Å². The highest BCUT2D eigenvalue weighted by Gasteiger charge is 2.23. The molecule has 0 spiro atoms. The topological polar surface area (TPSA) is 77.8 Å². The molecule has 0 aromatic carbocycles. The number of aryl methyl sites for hydroxylation is 1. The highest BCUT2D eigenvalue weighted by Crippen LogP contribution is 2.34. The van der Waals surface area contributed by atoms with E-state index in [1.165, 1.54) is 0 Å². The van der Waals surface area contributed by atoms with Gasteiger partial charge in [0.15, 0.2) is 5.82 Å². The second kappa shape index (κ2) is 7.46. The SMILES string of the molecule is Cc1nc(-c2ccccn2)c(F)c(Nc2ccnc3cnn([C@H]4CCOC4)c23)c1C. The molecule has 152 valence electrons. The van der Waals surface area contributed by atoms with Crippen molar-refractivity contribution in [2.24, 2.45) is 0 Å². The van der Waals surface area contributed by atoms with E-state index in [0.717, 1.165) is 34.4 Å². The quantitative estimate of drug-likeness (QED) is 0.545. The third-order valence-electron chi connectivity index (χ3n) is 5.53. The maximum absolute atomic E-state index is 15.6. The first-order valence-electron chi connectivity index (χ1n) is 9.88. The van der Waals surface area contributed by atoms with E-state index in [-0.39, 0.29) is 11.7 Å². The maximum atomic E-state index is 15.6. The van der Waals surface area contributed by atoms with Crippen LogP contribution in [-0.4, -0.2) is 37.9 Å². The fourth-order valence-corrected chi connectivity index (χ4v) is 3.79. The lowest BCUT2D eigenvalue weighted by Gasteiger charge is -2.17. The van der Waals surface area contributed by atoms with Crippen molar-refractivity contribution in [1.29, 1.82) is 0 Å². The number of pyridine rings is 3. The van der Waals surface area contributed by atoms with Crippen LogP contribution in [0.15, 0.2) is 42.9 Å². The summed E-state index contributed by atoms with van der Waals surface area (Å²) in [6, 6.07) is 7.35. The van der Waals surface area contributed by atoms with Gasteiger partial charge in [-0.3, -0.25) is 14.6 Å². The Balaban J connectivity index is 1.64. The van der Waals surface area contributed by atoms with Gasteiger partial charge < -0.3 is 10.1 Å². The largest absolute Gasteiger partial charge is 0.379 e. The molecule has 1 N–H and O–H groups in total. The number of hydrogen-bond acceptors (Lipinski definition) is 6. The number of fused-ring (bicyclic) bond motifs is 1. The van der Waals surface area contributed by atoms with Crippen LogP contribution < -0.4 is 5.32 Å². The fraction of sp³-hybridized carbons (Fsp3) is 0.273. The zero-order valence-corrected chi connectivity index (χ0v) is 16.8. The summed E-state index contributed by atoms with van der Waals surface area (Å²) in [5, 5.41) is 7.83. The number of rotatable bonds is 4. The molecule has 1 aliphatic heterocycles. The van der Waals surface area contributed by atoms with E-state index in [4.69, 9.17) is 4.74 Å². The van der Waals surface area contributed by atoms with Crippen molar-refractivity contribution in [3.8, 4) is 11.4 Å². The monoisotopic (exact) mass is 404 g/mol. The molecule has 0 radical (unpaired) electrons. The molecule has 8 heteroatoms. The molecule has 0 bridgehead atoms. The van der Waals surface area contributed by atoms with Crippen molar-refractivity contribution in [2.45, 2.75) is 26.3 Å². The summed E-state index contributed by atoms with van der Waals surface area (Å²) in [7, 11) is 0. The van der Waals surface area contributed by atoms with Gasteiger partial charge in [-0.15, -0.1) is 0 Å². The fourth-order valence-electron chi connectivity index (χ4n) is 3.79. The molecule has 0 aliphatic carbocycles. The van der Waals surface area contributed by atoms with Gasteiger partial charge in [0.25, 0.3) is 0 Å². The molecule has 0 saturated carbocycles. The van der Waals surface area contributed by atoms with E-state index in [0.29, 0.717) is 24.6 Å². The Kier molecular flexibility index (Phi) is 4.63. The van der Waals surface area contributed by atoms with Gasteiger partial charge in [0, 0.05) is 24.7 Å². The Bertz CT molecular complexity index is 1220. The molecule has 1 atom stereocenters. The average Bonchev–Trinajstić information content (AvgIpc) is 3.44. The van der Waals surface area contributed by atoms with Gasteiger partial charge in [-0.25, -0.2) is 9.37 Å². The number of nitrogens with zero attached hydrogens (tertiary/aromatic N) is 5. The van der Waals surface area contributed by atoms with Crippen LogP contribution in [0.3, 0.4) is 0 Å². The number of anilines is 2. The van der Waals surface area contributed by atoms with Crippen molar-refractivity contribution in [1.82, 2.24) is 24.7 Å². The van der Waals surface area contributed by atoms with Crippen molar-refractivity contribution in [3.63, 3.8) is 0 Å². The number of ether oxygens (including phenoxy) is 1. The number of aromatic nitrogens is 5. The van der Waals surface area contributed by atoms with Crippen molar-refractivity contribution < 1.29 is 9.13 Å². The van der Waals surface area contributed by atoms with Crippen LogP contribution in [0, 0.1) is 19.7 Å². The molecule has 4 aromatic heterocycles. The lowest BCUT2D eigenvalue weighted by atomic mass is 10.1. The Labute approximate surface area is 173 Å². The standard InChI is InChI=1S/C22H21FN6O/c1-13-14(2)27-21(16-5-3-4-8-24-16)19(23)20(13)28-17-6-9-25-18-11-26-29(22(17)18)15-7-10-30-12-15/h3-6,8-9,11,15H,7,10,12H2,1-2H3,(H,25,27,28)/t15-/m0/s1. The van der Waals surface area contributed by atoms with Crippen molar-refractivity contribution in [2.75, 3.05) is 18.5 Å². The molecule has 7 nitrogen and oxygen atoms in total. The van der Waals surface area contributed by atoms with E-state index >= 15 is 4.39 Å². The van der Waals surface area contributed by atoms with Gasteiger partial charge in [-0.1, -0.05) is 6.07 Å². The predicted octanol–water partition coefficient (Wildman–Crippen LogP) is 4.35. The van der Waals surface area contributed by atoms with Crippen LogP contribution in [0.4, 0.5) is 15.8 Å². The lowest BCUT2D eigenvalue weighted by Crippen LogP contribution is -2.11. The Morgan fingerprint density at radius 3 is 2.83 bits per heavy atom. The van der Waals surface area contributed by atoms with E-state index < -0.39 is 5.82 Å². The van der Waals surface area contributed by atoms with Crippen LogP contribution >= 0.6 is 0 Å². The number of halogens is 1. The normalized spacial score (nSPS) is 16.3. The molecule has 1 saturated heterocycles. The number of hydrogen-bond donors (Lipinski definition) is 1. The summed E-state index contributed by atoms with van der Waals surface area (Å²) in [5.74, 6) is -0.433. The Morgan fingerprint density at radius 2 is 2.07 bits per heavy atom. The van der Waals surface area contributed by atoms with Crippen LogP contribution in [0.2, 0.25) is 0 Å². The zero-order valence-electron chi connectivity index (χ0n) is 16.8. The van der Waals surface area contributed by atoms with E-state index in [9.17, 15) is 0 Å². The molecule has 30 heavy (non-hydrogen) atoms. The second-order valence-corrected chi connectivity index (χ2v) is 7.40. The minimum Gasteiger partial charge on any atom is -0.379 e. The smallest absolute Gasteiger partial charge is 0.174 e. The van der Waals surface area contributed by atoms with E-state index in [1.54, 1.807) is 30.7 Å². The van der Waals surface area contributed by atoms with Crippen LogP contribution in [0.25, 0.3) is 22.4 Å². The first-order chi connectivity index (χ1) is 14.6. The lowest BCUT2D eigenvalue weighted by molar-refractivity contribution is 0.185. The van der Waals surface area contributed by atoms with Crippen molar-refractivity contribution >= 4 is 22.4 Å². The summed E-state index contributed by atoms with van der Waals surface area (Å²) in [6.07, 6.45) is 5.95. The summed E-state index contributed by atoms with van der Waals surface area (Å²) >= 11 is 0. The first kappa shape index (κ1) is 18.6. The van der Waals surface area contributed by atoms with Gasteiger partial charge in [0.05, 0.1) is 35.9 Å². The van der Waals surface area contributed by atoms with Crippen LogP contribution in [0.5, 0.6) is 0 Å². The molecular formula is C22H21FN6O. The molecular weight excluding hydrogens is 383 g/mol. The van der Waals surface area contributed by atoms with Gasteiger partial charge in [0.1, 0.15) is 16.7 Å². The molecule has 0 unspecified atom stereocenters. The van der Waals surface area contributed by atoms with Gasteiger partial charge >= 0.3 is 0 Å². The van der Waals surface area contributed by atoms with Gasteiger partial charge in [0.2, 0.25) is 0 Å². The second-order valence-electron chi connectivity index (χ2n) is 7.40. The third-order valence-corrected chi connectivity index (χ3v) is 5.53. The third kappa shape index (κ3) is 3.09. The van der Waals surface area contributed by atoms with Crippen molar-refractivity contribution in [3.05, 3.63) is 59.9 Å². The maximum Gasteiger partial charge on any atom is 0.174 e. The molecule has 5 heterocycles. The summed E-state index contributed by atoms with van der Waals surface area (Å²) in [5.41, 5.74) is 4.91.